The average Bonchev–Trinajstić information content (AvgIpc) is 2.99. The van der Waals surface area contributed by atoms with Gasteiger partial charge in [-0.1, -0.05) is 37.6 Å². The lowest BCUT2D eigenvalue weighted by molar-refractivity contribution is 0.628. The number of aliphatic imine (C=N–C) groups is 1. The van der Waals surface area contributed by atoms with Crippen LogP contribution in [-0.2, 0) is 13.0 Å². The van der Waals surface area contributed by atoms with Crippen LogP contribution in [-0.4, -0.2) is 20.7 Å². The van der Waals surface area contributed by atoms with Crippen molar-refractivity contribution in [3.8, 4) is 0 Å². The Kier molecular flexibility index (Phi) is 7.19. The predicted molar refractivity (Wildman–Crippen MR) is 116 cm³/mol. The second-order valence-electron chi connectivity index (χ2n) is 6.20. The first-order chi connectivity index (χ1) is 14.2. The van der Waals surface area contributed by atoms with Gasteiger partial charge in [0.25, 0.3) is 0 Å². The van der Waals surface area contributed by atoms with Crippen LogP contribution in [0.15, 0.2) is 64.3 Å². The second kappa shape index (κ2) is 10.0. The van der Waals surface area contributed by atoms with Crippen LogP contribution in [0, 0.1) is 5.82 Å². The molecule has 29 heavy (non-hydrogen) atoms. The number of fused-ring (bicyclic) bond motifs is 1. The highest BCUT2D eigenvalue weighted by Crippen LogP contribution is 2.21. The van der Waals surface area contributed by atoms with Crippen molar-refractivity contribution >= 4 is 23.1 Å². The number of nitrogens with zero attached hydrogens (tertiary/aromatic N) is 4. The van der Waals surface area contributed by atoms with E-state index in [0.29, 0.717) is 24.6 Å². The molecule has 0 amide bonds. The number of amidine groups is 1. The SMILES string of the molecule is CC.Fc1ccc(NCc2nnc3n2NC(=NC2=CCCC(Cl)=C2)C=CC3)cc1. The average molecular weight is 415 g/mol. The number of hydrogen-bond donors (Lipinski definition) is 2. The summed E-state index contributed by atoms with van der Waals surface area (Å²) in [6.07, 6.45) is 10.2. The second-order valence-corrected chi connectivity index (χ2v) is 6.69. The van der Waals surface area contributed by atoms with Crippen LogP contribution in [0.4, 0.5) is 10.1 Å². The molecule has 0 bridgehead atoms. The summed E-state index contributed by atoms with van der Waals surface area (Å²) in [5.41, 5.74) is 4.90. The molecule has 0 unspecified atom stereocenters. The first-order valence-corrected chi connectivity index (χ1v) is 10.1. The van der Waals surface area contributed by atoms with Crippen molar-refractivity contribution in [1.82, 2.24) is 14.9 Å². The molecule has 2 aromatic rings. The molecule has 0 spiro atoms. The maximum absolute atomic E-state index is 13.0. The summed E-state index contributed by atoms with van der Waals surface area (Å²) in [5, 5.41) is 12.5. The van der Waals surface area contributed by atoms with E-state index < -0.39 is 0 Å². The molecular formula is C21H24ClFN6. The number of halogens is 2. The zero-order valence-corrected chi connectivity index (χ0v) is 17.2. The monoisotopic (exact) mass is 414 g/mol. The molecule has 2 N–H and O–H groups in total. The summed E-state index contributed by atoms with van der Waals surface area (Å²) >= 11 is 6.12. The topological polar surface area (TPSA) is 67.1 Å². The Morgan fingerprint density at radius 2 is 2.03 bits per heavy atom. The van der Waals surface area contributed by atoms with E-state index in [4.69, 9.17) is 11.6 Å². The molecule has 1 aromatic carbocycles. The Hall–Kier alpha value is -2.93. The Morgan fingerprint density at radius 1 is 1.24 bits per heavy atom. The fourth-order valence-corrected chi connectivity index (χ4v) is 3.06. The summed E-state index contributed by atoms with van der Waals surface area (Å²) in [5.74, 6) is 1.91. The molecule has 0 saturated carbocycles. The van der Waals surface area contributed by atoms with Gasteiger partial charge in [-0.2, -0.15) is 0 Å². The maximum Gasteiger partial charge on any atom is 0.171 e. The number of aromatic nitrogens is 3. The van der Waals surface area contributed by atoms with E-state index in [1.807, 2.05) is 36.8 Å². The standard InChI is InChI=1S/C19H18ClFN6.C2H6/c20-13-3-1-4-16(11-13)23-17-5-2-6-18-24-25-19(27(18)26-17)12-22-15-9-7-14(21)8-10-15;1-2/h2,4-5,7-11,22H,1,3,6,12H2,(H,23,26);1-2H3. The first kappa shape index (κ1) is 20.8. The number of hydrogen-bond acceptors (Lipinski definition) is 4. The summed E-state index contributed by atoms with van der Waals surface area (Å²) in [4.78, 5) is 4.63. The molecule has 8 heteroatoms. The van der Waals surface area contributed by atoms with Crippen LogP contribution < -0.4 is 10.7 Å². The minimum Gasteiger partial charge on any atom is -0.378 e. The van der Waals surface area contributed by atoms with Crippen molar-refractivity contribution in [2.45, 2.75) is 39.7 Å². The van der Waals surface area contributed by atoms with Gasteiger partial charge in [0, 0.05) is 17.1 Å². The maximum atomic E-state index is 13.0. The Labute approximate surface area is 174 Å². The Bertz CT molecular complexity index is 956. The van der Waals surface area contributed by atoms with E-state index in [-0.39, 0.29) is 5.82 Å². The van der Waals surface area contributed by atoms with Gasteiger partial charge in [0.15, 0.2) is 11.6 Å². The Balaban J connectivity index is 0.00000117. The highest BCUT2D eigenvalue weighted by atomic mass is 35.5. The van der Waals surface area contributed by atoms with Crippen molar-refractivity contribution < 1.29 is 4.39 Å². The lowest BCUT2D eigenvalue weighted by Crippen LogP contribution is -2.25. The molecule has 0 atom stereocenters. The van der Waals surface area contributed by atoms with Gasteiger partial charge >= 0.3 is 0 Å². The number of benzene rings is 1. The van der Waals surface area contributed by atoms with Gasteiger partial charge in [0.2, 0.25) is 0 Å². The molecule has 0 fully saturated rings. The summed E-state index contributed by atoms with van der Waals surface area (Å²) in [7, 11) is 0. The lowest BCUT2D eigenvalue weighted by atomic mass is 10.1. The van der Waals surface area contributed by atoms with Crippen molar-refractivity contribution in [2.75, 3.05) is 10.7 Å². The van der Waals surface area contributed by atoms with Crippen molar-refractivity contribution in [2.24, 2.45) is 4.99 Å². The quantitative estimate of drug-likeness (QED) is 0.745. The zero-order valence-electron chi connectivity index (χ0n) is 16.5. The Morgan fingerprint density at radius 3 is 2.79 bits per heavy atom. The molecule has 0 radical (unpaired) electrons. The van der Waals surface area contributed by atoms with Crippen molar-refractivity contribution in [3.05, 3.63) is 76.8 Å². The van der Waals surface area contributed by atoms with Crippen LogP contribution >= 0.6 is 11.6 Å². The minimum absolute atomic E-state index is 0.267. The van der Waals surface area contributed by atoms with E-state index >= 15 is 0 Å². The molecule has 1 aliphatic heterocycles. The minimum atomic E-state index is -0.267. The van der Waals surface area contributed by atoms with Gasteiger partial charge in [0.05, 0.1) is 12.2 Å². The summed E-state index contributed by atoms with van der Waals surface area (Å²) in [6, 6.07) is 6.19. The highest BCUT2D eigenvalue weighted by molar-refractivity contribution is 6.29. The predicted octanol–water partition coefficient (Wildman–Crippen LogP) is 4.91. The van der Waals surface area contributed by atoms with E-state index in [1.54, 1.807) is 12.1 Å². The highest BCUT2D eigenvalue weighted by Gasteiger charge is 2.15. The van der Waals surface area contributed by atoms with Gasteiger partial charge in [0.1, 0.15) is 11.7 Å². The van der Waals surface area contributed by atoms with E-state index in [2.05, 4.69) is 32.0 Å². The fourth-order valence-electron chi connectivity index (χ4n) is 2.83. The smallest absolute Gasteiger partial charge is 0.171 e. The van der Waals surface area contributed by atoms with Crippen LogP contribution in [0.5, 0.6) is 0 Å². The van der Waals surface area contributed by atoms with Gasteiger partial charge in [-0.05, 0) is 49.3 Å². The van der Waals surface area contributed by atoms with Crippen LogP contribution in [0.2, 0.25) is 0 Å². The number of anilines is 1. The fraction of sp³-hybridized carbons (Fsp3) is 0.286. The van der Waals surface area contributed by atoms with Crippen molar-refractivity contribution in [1.29, 1.82) is 0 Å². The van der Waals surface area contributed by atoms with Crippen LogP contribution in [0.3, 0.4) is 0 Å². The molecular weight excluding hydrogens is 391 g/mol. The normalized spacial score (nSPS) is 16.6. The molecule has 2 heterocycles. The summed E-state index contributed by atoms with van der Waals surface area (Å²) < 4.78 is 14.9. The molecule has 152 valence electrons. The third-order valence-corrected chi connectivity index (χ3v) is 4.48. The van der Waals surface area contributed by atoms with E-state index in [9.17, 15) is 4.39 Å². The molecule has 2 aliphatic rings. The third kappa shape index (κ3) is 5.54. The van der Waals surface area contributed by atoms with Gasteiger partial charge < -0.3 is 5.32 Å². The third-order valence-electron chi connectivity index (χ3n) is 4.19. The molecule has 4 rings (SSSR count). The van der Waals surface area contributed by atoms with Crippen LogP contribution in [0.25, 0.3) is 0 Å². The number of rotatable bonds is 4. The van der Waals surface area contributed by atoms with Gasteiger partial charge in [-0.15, -0.1) is 10.2 Å². The largest absolute Gasteiger partial charge is 0.378 e. The first-order valence-electron chi connectivity index (χ1n) is 9.68. The molecule has 0 saturated heterocycles. The molecule has 6 nitrogen and oxygen atoms in total. The van der Waals surface area contributed by atoms with Crippen molar-refractivity contribution in [3.63, 3.8) is 0 Å². The summed E-state index contributed by atoms with van der Waals surface area (Å²) in [6.45, 7) is 4.44. The molecule has 1 aromatic heterocycles. The number of allylic oxidation sites excluding steroid dienone is 4. The van der Waals surface area contributed by atoms with Crippen LogP contribution in [0.1, 0.15) is 38.3 Å². The zero-order chi connectivity index (χ0) is 20.6. The van der Waals surface area contributed by atoms with Gasteiger partial charge in [-0.25, -0.2) is 14.1 Å². The van der Waals surface area contributed by atoms with E-state index in [1.165, 1.54) is 12.1 Å². The molecule has 1 aliphatic carbocycles. The number of nitrogens with one attached hydrogen (secondary N) is 2. The van der Waals surface area contributed by atoms with E-state index in [0.717, 1.165) is 35.1 Å². The lowest BCUT2D eigenvalue weighted by Gasteiger charge is -2.13. The van der Waals surface area contributed by atoms with Gasteiger partial charge in [-0.3, -0.25) is 5.43 Å².